The molecule has 0 saturated carbocycles. The van der Waals surface area contributed by atoms with E-state index in [4.69, 9.17) is 5.11 Å². The molecule has 0 radical (unpaired) electrons. The van der Waals surface area contributed by atoms with Crippen LogP contribution in [0.3, 0.4) is 0 Å². The van der Waals surface area contributed by atoms with Crippen molar-refractivity contribution in [2.75, 3.05) is 0 Å². The summed E-state index contributed by atoms with van der Waals surface area (Å²) in [6.45, 7) is 1.61. The van der Waals surface area contributed by atoms with Crippen molar-refractivity contribution < 1.29 is 24.2 Å². The summed E-state index contributed by atoms with van der Waals surface area (Å²) < 4.78 is 14.0. The normalized spacial score (nSPS) is 17.6. The van der Waals surface area contributed by atoms with Crippen LogP contribution in [0.25, 0.3) is 0 Å². The zero-order chi connectivity index (χ0) is 16.7. The van der Waals surface area contributed by atoms with E-state index >= 15 is 0 Å². The van der Waals surface area contributed by atoms with Gasteiger partial charge in [-0.15, -0.1) is 0 Å². The van der Waals surface area contributed by atoms with E-state index in [0.29, 0.717) is 16.8 Å². The van der Waals surface area contributed by atoms with Crippen molar-refractivity contribution in [3.8, 4) is 0 Å². The Morgan fingerprint density at radius 2 is 2.17 bits per heavy atom. The second-order valence-electron chi connectivity index (χ2n) is 5.21. The Morgan fingerprint density at radius 3 is 2.78 bits per heavy atom. The van der Waals surface area contributed by atoms with Crippen molar-refractivity contribution in [3.05, 3.63) is 56.4 Å². The molecule has 0 bridgehead atoms. The van der Waals surface area contributed by atoms with Gasteiger partial charge in [0, 0.05) is 28.6 Å². The summed E-state index contributed by atoms with van der Waals surface area (Å²) in [4.78, 5) is 27.9. The molecular formula is C16H12FNO4S. The molecule has 2 N–H and O–H groups in total. The number of aliphatic hydroxyl groups excluding tert-OH is 1. The van der Waals surface area contributed by atoms with Crippen LogP contribution in [0.4, 0.5) is 4.39 Å². The van der Waals surface area contributed by atoms with Crippen LogP contribution in [0.15, 0.2) is 55.8 Å². The molecule has 23 heavy (non-hydrogen) atoms. The van der Waals surface area contributed by atoms with Crippen LogP contribution in [0.2, 0.25) is 0 Å². The summed E-state index contributed by atoms with van der Waals surface area (Å²) in [5.74, 6) is -3.19. The first-order chi connectivity index (χ1) is 10.9. The van der Waals surface area contributed by atoms with E-state index in [2.05, 4.69) is 4.99 Å². The fourth-order valence-electron chi connectivity index (χ4n) is 2.72. The summed E-state index contributed by atoms with van der Waals surface area (Å²) >= 11 is 1.30. The number of aliphatic carboxylic acids is 1. The number of aliphatic hydroxyl groups is 1. The summed E-state index contributed by atoms with van der Waals surface area (Å²) in [6, 6.07) is 1.57. The van der Waals surface area contributed by atoms with E-state index in [0.717, 1.165) is 0 Å². The van der Waals surface area contributed by atoms with Crippen LogP contribution in [-0.4, -0.2) is 27.7 Å². The lowest BCUT2D eigenvalue weighted by Gasteiger charge is -2.19. The molecule has 0 fully saturated rings. The Kier molecular flexibility index (Phi) is 3.73. The van der Waals surface area contributed by atoms with Gasteiger partial charge in [0.25, 0.3) is 0 Å². The lowest BCUT2D eigenvalue weighted by atomic mass is 9.85. The van der Waals surface area contributed by atoms with Crippen LogP contribution in [0, 0.1) is 0 Å². The molecule has 0 saturated heterocycles. The molecule has 0 aromatic carbocycles. The maximum atomic E-state index is 14.0. The molecule has 0 unspecified atom stereocenters. The molecule has 0 spiro atoms. The fraction of sp³-hybridized carbons (Fsp3) is 0.188. The van der Waals surface area contributed by atoms with E-state index in [1.165, 1.54) is 11.3 Å². The zero-order valence-electron chi connectivity index (χ0n) is 12.1. The van der Waals surface area contributed by atoms with Crippen molar-refractivity contribution in [1.82, 2.24) is 0 Å². The molecule has 7 heteroatoms. The molecule has 0 atom stereocenters. The van der Waals surface area contributed by atoms with Gasteiger partial charge in [-0.2, -0.15) is 11.3 Å². The molecule has 2 heterocycles. The van der Waals surface area contributed by atoms with Crippen LogP contribution >= 0.6 is 11.3 Å². The van der Waals surface area contributed by atoms with Gasteiger partial charge < -0.3 is 10.2 Å². The van der Waals surface area contributed by atoms with Crippen LogP contribution < -0.4 is 0 Å². The number of carbonyl (C=O) groups is 2. The number of halogens is 1. The number of carbonyl (C=O) groups excluding carboxylic acids is 1. The Bertz CT molecular complexity index is 843. The molecule has 1 aromatic heterocycles. The number of hydrogen-bond acceptors (Lipinski definition) is 5. The maximum Gasteiger partial charge on any atom is 0.307 e. The lowest BCUT2D eigenvalue weighted by Crippen LogP contribution is -2.20. The molecule has 1 aliphatic carbocycles. The third-order valence-corrected chi connectivity index (χ3v) is 4.42. The Hall–Kier alpha value is -2.54. The summed E-state index contributed by atoms with van der Waals surface area (Å²) in [7, 11) is 0. The van der Waals surface area contributed by atoms with E-state index in [1.807, 2.05) is 0 Å². The number of nitrogens with zero attached hydrogens (tertiary/aromatic N) is 1. The summed E-state index contributed by atoms with van der Waals surface area (Å²) in [6.07, 6.45) is -0.592. The fourth-order valence-corrected chi connectivity index (χ4v) is 3.35. The van der Waals surface area contributed by atoms with E-state index < -0.39 is 23.3 Å². The highest BCUT2D eigenvalue weighted by molar-refractivity contribution is 7.08. The number of thiophene rings is 1. The van der Waals surface area contributed by atoms with Crippen LogP contribution in [-0.2, 0) is 4.79 Å². The second-order valence-corrected chi connectivity index (χ2v) is 5.99. The standard InChI is InChI=1S/C16H12FNO4S/c1-7-9(4-12(19)20)13-11(18-7)5-10(17)16(22)14(13)15(21)8-2-3-23-6-8/h2-3,6,22H,4-5H2,1H3,(H,19,20). The largest absolute Gasteiger partial charge is 0.505 e. The first-order valence-electron chi connectivity index (χ1n) is 6.79. The summed E-state index contributed by atoms with van der Waals surface area (Å²) in [5.41, 5.74) is 1.41. The van der Waals surface area contributed by atoms with E-state index in [1.54, 1.807) is 23.8 Å². The third-order valence-electron chi connectivity index (χ3n) is 3.73. The molecule has 118 valence electrons. The minimum absolute atomic E-state index is 0.209. The van der Waals surface area contributed by atoms with Crippen molar-refractivity contribution >= 4 is 28.8 Å². The third kappa shape index (κ3) is 2.53. The number of carboxylic acid groups (broad SMARTS) is 1. The smallest absolute Gasteiger partial charge is 0.307 e. The van der Waals surface area contributed by atoms with Gasteiger partial charge in [0.05, 0.1) is 17.7 Å². The van der Waals surface area contributed by atoms with Gasteiger partial charge in [-0.3, -0.25) is 14.6 Å². The van der Waals surface area contributed by atoms with Crippen molar-refractivity contribution in [2.24, 2.45) is 4.99 Å². The number of fused-ring (bicyclic) bond motifs is 1. The van der Waals surface area contributed by atoms with Crippen LogP contribution in [0.1, 0.15) is 30.1 Å². The molecule has 1 aromatic rings. The summed E-state index contributed by atoms with van der Waals surface area (Å²) in [5, 5.41) is 22.5. The molecule has 1 aliphatic heterocycles. The first kappa shape index (κ1) is 15.4. The monoisotopic (exact) mass is 333 g/mol. The maximum absolute atomic E-state index is 14.0. The van der Waals surface area contributed by atoms with Gasteiger partial charge in [-0.25, -0.2) is 4.39 Å². The topological polar surface area (TPSA) is 87.0 Å². The molecule has 0 amide bonds. The van der Waals surface area contributed by atoms with Gasteiger partial charge >= 0.3 is 5.97 Å². The highest BCUT2D eigenvalue weighted by atomic mass is 32.1. The SMILES string of the molecule is CC1=C(CC(=O)O)C2=C(C(=O)c3ccsc3)C(O)=C(F)CC2=N1. The number of rotatable bonds is 4. The minimum atomic E-state index is -1.08. The number of Topliss-reactive ketones (excluding diaryl/α,β-unsaturated/α-hetero) is 1. The average molecular weight is 333 g/mol. The van der Waals surface area contributed by atoms with E-state index in [9.17, 15) is 19.1 Å². The zero-order valence-corrected chi connectivity index (χ0v) is 12.9. The van der Waals surface area contributed by atoms with Crippen molar-refractivity contribution in [3.63, 3.8) is 0 Å². The van der Waals surface area contributed by atoms with E-state index in [-0.39, 0.29) is 29.7 Å². The Labute approximate surface area is 134 Å². The molecule has 2 aliphatic rings. The van der Waals surface area contributed by atoms with Gasteiger partial charge in [0.2, 0.25) is 0 Å². The number of ketones is 1. The number of carboxylic acids is 1. The molecular weight excluding hydrogens is 321 g/mol. The highest BCUT2D eigenvalue weighted by Gasteiger charge is 2.36. The van der Waals surface area contributed by atoms with Gasteiger partial charge in [-0.05, 0) is 23.9 Å². The number of hydrogen-bond donors (Lipinski definition) is 2. The quantitative estimate of drug-likeness (QED) is 0.825. The molecule has 5 nitrogen and oxygen atoms in total. The highest BCUT2D eigenvalue weighted by Crippen LogP contribution is 2.40. The predicted octanol–water partition coefficient (Wildman–Crippen LogP) is 3.57. The number of allylic oxidation sites excluding steroid dienone is 4. The second kappa shape index (κ2) is 5.58. The number of aliphatic imine (C=N–C) groups is 1. The minimum Gasteiger partial charge on any atom is -0.505 e. The molecule has 3 rings (SSSR count). The predicted molar refractivity (Wildman–Crippen MR) is 83.4 cm³/mol. The van der Waals surface area contributed by atoms with Gasteiger partial charge in [0.1, 0.15) is 5.83 Å². The van der Waals surface area contributed by atoms with Crippen molar-refractivity contribution in [2.45, 2.75) is 19.8 Å². The van der Waals surface area contributed by atoms with Crippen LogP contribution in [0.5, 0.6) is 0 Å². The average Bonchev–Trinajstić information content (AvgIpc) is 3.10. The van der Waals surface area contributed by atoms with Crippen molar-refractivity contribution in [1.29, 1.82) is 0 Å². The first-order valence-corrected chi connectivity index (χ1v) is 7.73. The lowest BCUT2D eigenvalue weighted by molar-refractivity contribution is -0.136. The van der Waals surface area contributed by atoms with Gasteiger partial charge in [-0.1, -0.05) is 0 Å². The van der Waals surface area contributed by atoms with Gasteiger partial charge in [0.15, 0.2) is 11.5 Å². The Morgan fingerprint density at radius 1 is 1.43 bits per heavy atom. The Balaban J connectivity index is 2.21.